The molecule has 1 aliphatic heterocycles. The second-order valence-corrected chi connectivity index (χ2v) is 9.85. The van der Waals surface area contributed by atoms with Crippen LogP contribution >= 0.6 is 24.2 Å². The number of fused-ring (bicyclic) bond motifs is 2. The van der Waals surface area contributed by atoms with E-state index in [1.807, 2.05) is 12.1 Å². The molecule has 2 aromatic heterocycles. The molecule has 0 radical (unpaired) electrons. The Bertz CT molecular complexity index is 1350. The Morgan fingerprint density at radius 1 is 1.25 bits per heavy atom. The predicted molar refractivity (Wildman–Crippen MR) is 140 cm³/mol. The van der Waals surface area contributed by atoms with Gasteiger partial charge in [-0.3, -0.25) is 14.6 Å². The number of pyridine rings is 2. The lowest BCUT2D eigenvalue weighted by atomic mass is 9.81. The van der Waals surface area contributed by atoms with Crippen LogP contribution in [-0.2, 0) is 16.1 Å². The predicted octanol–water partition coefficient (Wildman–Crippen LogP) is 3.37. The van der Waals surface area contributed by atoms with Crippen LogP contribution in [0.15, 0.2) is 47.5 Å². The van der Waals surface area contributed by atoms with Gasteiger partial charge in [-0.05, 0) is 62.1 Å². The quantitative estimate of drug-likeness (QED) is 0.398. The van der Waals surface area contributed by atoms with E-state index in [4.69, 9.17) is 0 Å². The maximum atomic E-state index is 13.0. The molecule has 36 heavy (non-hydrogen) atoms. The maximum absolute atomic E-state index is 13.0. The Morgan fingerprint density at radius 2 is 2.06 bits per heavy atom. The molecule has 0 unspecified atom stereocenters. The van der Waals surface area contributed by atoms with Gasteiger partial charge in [0.05, 0.1) is 39.2 Å². The minimum atomic E-state index is -1.47. The second-order valence-electron chi connectivity index (χ2n) is 8.83. The highest BCUT2D eigenvalue weighted by Gasteiger charge is 2.40. The minimum absolute atomic E-state index is 0. The highest BCUT2D eigenvalue weighted by atomic mass is 35.5. The first-order chi connectivity index (χ1) is 16.9. The summed E-state index contributed by atoms with van der Waals surface area (Å²) in [6, 6.07) is 12.9. The summed E-state index contributed by atoms with van der Waals surface area (Å²) in [6.45, 7) is 0.535. The molecular formula is C25H25ClN6O3S. The molecule has 186 valence electrons. The molecule has 1 aromatic carbocycles. The van der Waals surface area contributed by atoms with Crippen molar-refractivity contribution in [1.29, 1.82) is 5.26 Å². The van der Waals surface area contributed by atoms with Crippen molar-refractivity contribution in [1.82, 2.24) is 15.3 Å². The smallest absolute Gasteiger partial charge is 0.256 e. The number of aliphatic hydroxyl groups is 1. The Balaban J connectivity index is 0.00000304. The summed E-state index contributed by atoms with van der Waals surface area (Å²) in [7, 11) is 0. The van der Waals surface area contributed by atoms with Gasteiger partial charge >= 0.3 is 0 Å². The van der Waals surface area contributed by atoms with Gasteiger partial charge in [-0.1, -0.05) is 0 Å². The number of carbonyl (C=O) groups excluding carboxylic acids is 2. The van der Waals surface area contributed by atoms with Crippen molar-refractivity contribution in [2.24, 2.45) is 0 Å². The van der Waals surface area contributed by atoms with Crippen LogP contribution in [0.5, 0.6) is 0 Å². The highest BCUT2D eigenvalue weighted by molar-refractivity contribution is 8.00. The average Bonchev–Trinajstić information content (AvgIpc) is 2.88. The van der Waals surface area contributed by atoms with Gasteiger partial charge in [0.25, 0.3) is 5.91 Å². The molecule has 2 aliphatic rings. The number of carbonyl (C=O) groups is 2. The summed E-state index contributed by atoms with van der Waals surface area (Å²) in [6.07, 6.45) is 3.52. The van der Waals surface area contributed by atoms with Crippen LogP contribution in [0.4, 0.5) is 11.5 Å². The number of aromatic nitrogens is 2. The first kappa shape index (κ1) is 25.9. The molecular weight excluding hydrogens is 500 g/mol. The van der Waals surface area contributed by atoms with Crippen LogP contribution in [0.3, 0.4) is 0 Å². The molecule has 0 atom stereocenters. The van der Waals surface area contributed by atoms with Crippen molar-refractivity contribution in [3.63, 3.8) is 0 Å². The third-order valence-electron chi connectivity index (χ3n) is 6.46. The standard InChI is InChI=1S/C25H24N6O3S.ClH/c26-12-15-1-3-19-18(11-15)20(7-10-27-19)30-24(33)25(34)8-5-16(6-9-25)28-13-17-2-4-21-23(29-17)31-22(32)14-35-21;/h1-4,7,10-11,16,28,34H,5-6,8-9,13-14H2,(H,27,30,33)(H,29,31,32);1H/t16-,25+;. The first-order valence-corrected chi connectivity index (χ1v) is 12.4. The van der Waals surface area contributed by atoms with Crippen LogP contribution in [0.1, 0.15) is 36.9 Å². The van der Waals surface area contributed by atoms with Crippen molar-refractivity contribution >= 4 is 58.4 Å². The number of nitrogens with one attached hydrogen (secondary N) is 3. The number of thioether (sulfide) groups is 1. The second kappa shape index (κ2) is 10.8. The van der Waals surface area contributed by atoms with Gasteiger partial charge < -0.3 is 21.1 Å². The number of hydrogen-bond acceptors (Lipinski definition) is 8. The zero-order valence-electron chi connectivity index (χ0n) is 19.3. The summed E-state index contributed by atoms with van der Waals surface area (Å²) < 4.78 is 0. The Morgan fingerprint density at radius 3 is 2.83 bits per heavy atom. The Labute approximate surface area is 218 Å². The molecule has 2 amide bonds. The Hall–Kier alpha value is -3.23. The van der Waals surface area contributed by atoms with Gasteiger partial charge in [-0.25, -0.2) is 4.98 Å². The largest absolute Gasteiger partial charge is 0.380 e. The summed E-state index contributed by atoms with van der Waals surface area (Å²) in [5, 5.41) is 30.0. The molecule has 3 heterocycles. The van der Waals surface area contributed by atoms with E-state index in [1.165, 1.54) is 11.8 Å². The lowest BCUT2D eigenvalue weighted by Gasteiger charge is -2.35. The lowest BCUT2D eigenvalue weighted by Crippen LogP contribution is -2.48. The maximum Gasteiger partial charge on any atom is 0.256 e. The van der Waals surface area contributed by atoms with Gasteiger partial charge in [0.15, 0.2) is 0 Å². The third-order valence-corrected chi connectivity index (χ3v) is 7.51. The summed E-state index contributed by atoms with van der Waals surface area (Å²) in [5.41, 5.74) is 1.02. The molecule has 5 rings (SSSR count). The van der Waals surface area contributed by atoms with E-state index in [1.54, 1.807) is 30.5 Å². The minimum Gasteiger partial charge on any atom is -0.380 e. The van der Waals surface area contributed by atoms with Crippen LogP contribution in [0, 0.1) is 11.3 Å². The van der Waals surface area contributed by atoms with E-state index in [0.717, 1.165) is 10.6 Å². The highest BCUT2D eigenvalue weighted by Crippen LogP contribution is 2.32. The fourth-order valence-electron chi connectivity index (χ4n) is 4.44. The molecule has 3 aromatic rings. The fourth-order valence-corrected chi connectivity index (χ4v) is 5.20. The van der Waals surface area contributed by atoms with E-state index in [-0.39, 0.29) is 24.4 Å². The molecule has 0 spiro atoms. The van der Waals surface area contributed by atoms with Crippen molar-refractivity contribution in [3.8, 4) is 6.07 Å². The van der Waals surface area contributed by atoms with Crippen LogP contribution in [-0.4, -0.2) is 44.3 Å². The molecule has 1 aliphatic carbocycles. The molecule has 9 nitrogen and oxygen atoms in total. The fraction of sp³-hybridized carbons (Fsp3) is 0.320. The number of nitrogens with zero attached hydrogens (tertiary/aromatic N) is 3. The lowest BCUT2D eigenvalue weighted by molar-refractivity contribution is -0.137. The SMILES string of the molecule is Cl.N#Cc1ccc2nccc(NC(=O)[C@]3(O)CC[C@@H](NCc4ccc5c(n4)NC(=O)CS5)CC3)c2c1. The third kappa shape index (κ3) is 5.44. The zero-order valence-corrected chi connectivity index (χ0v) is 20.9. The van der Waals surface area contributed by atoms with Crippen LogP contribution < -0.4 is 16.0 Å². The number of anilines is 2. The number of amides is 2. The summed E-state index contributed by atoms with van der Waals surface area (Å²) >= 11 is 1.48. The topological polar surface area (TPSA) is 140 Å². The van der Waals surface area contributed by atoms with E-state index >= 15 is 0 Å². The van der Waals surface area contributed by atoms with E-state index in [9.17, 15) is 20.0 Å². The van der Waals surface area contributed by atoms with E-state index in [2.05, 4.69) is 32.0 Å². The number of halogens is 1. The zero-order chi connectivity index (χ0) is 24.4. The van der Waals surface area contributed by atoms with Gasteiger partial charge in [0, 0.05) is 24.2 Å². The molecule has 0 bridgehead atoms. The van der Waals surface area contributed by atoms with Crippen molar-refractivity contribution in [2.45, 2.75) is 48.8 Å². The van der Waals surface area contributed by atoms with E-state index < -0.39 is 11.5 Å². The van der Waals surface area contributed by atoms with Crippen molar-refractivity contribution < 1.29 is 14.7 Å². The van der Waals surface area contributed by atoms with Gasteiger partial charge in [-0.15, -0.1) is 24.2 Å². The molecule has 1 saturated carbocycles. The first-order valence-electron chi connectivity index (χ1n) is 11.4. The molecule has 4 N–H and O–H groups in total. The summed E-state index contributed by atoms with van der Waals surface area (Å²) in [4.78, 5) is 34.4. The normalized spacial score (nSPS) is 21.0. The molecule has 0 saturated heterocycles. The average molecular weight is 525 g/mol. The van der Waals surface area contributed by atoms with Gasteiger partial charge in [-0.2, -0.15) is 5.26 Å². The van der Waals surface area contributed by atoms with Crippen molar-refractivity contribution in [2.75, 3.05) is 16.4 Å². The van der Waals surface area contributed by atoms with Gasteiger partial charge in [0.2, 0.25) is 5.91 Å². The number of benzene rings is 1. The van der Waals surface area contributed by atoms with Crippen LogP contribution in [0.25, 0.3) is 10.9 Å². The molecule has 1 fully saturated rings. The van der Waals surface area contributed by atoms with E-state index in [0.29, 0.717) is 66.0 Å². The molecule has 11 heteroatoms. The van der Waals surface area contributed by atoms with Gasteiger partial charge in [0.1, 0.15) is 11.4 Å². The number of nitriles is 1. The Kier molecular flexibility index (Phi) is 7.76. The number of hydrogen-bond donors (Lipinski definition) is 4. The van der Waals surface area contributed by atoms with Crippen molar-refractivity contribution in [3.05, 3.63) is 53.9 Å². The number of rotatable bonds is 5. The monoisotopic (exact) mass is 524 g/mol. The van der Waals surface area contributed by atoms with Crippen LogP contribution in [0.2, 0.25) is 0 Å². The summed E-state index contributed by atoms with van der Waals surface area (Å²) in [5.74, 6) is 0.514.